The van der Waals surface area contributed by atoms with E-state index in [0.717, 1.165) is 18.7 Å². The van der Waals surface area contributed by atoms with Crippen molar-refractivity contribution in [1.29, 1.82) is 0 Å². The molecule has 1 fully saturated rings. The standard InChI is InChI=1S/C20H26N2O3S/c1-26(23,24)22-13-12-21(14-18-8-4-2-5-9-18)15-20(22)17-25-16-19-10-6-3-7-11-19/h2-11,20H,12-17H2,1H3/t20-/m0/s1. The maximum absolute atomic E-state index is 12.1. The Bertz CT molecular complexity index is 781. The number of hydrogen-bond acceptors (Lipinski definition) is 4. The molecular formula is C20H26N2O3S. The van der Waals surface area contributed by atoms with Gasteiger partial charge in [0.1, 0.15) is 0 Å². The molecule has 26 heavy (non-hydrogen) atoms. The Morgan fingerprint density at radius 2 is 1.58 bits per heavy atom. The fraction of sp³-hybridized carbons (Fsp3) is 0.400. The van der Waals surface area contributed by atoms with E-state index in [1.165, 1.54) is 11.8 Å². The zero-order valence-corrected chi connectivity index (χ0v) is 15.9. The van der Waals surface area contributed by atoms with Crippen LogP contribution in [-0.4, -0.2) is 56.2 Å². The molecule has 0 bridgehead atoms. The first-order valence-corrected chi connectivity index (χ1v) is 10.7. The molecule has 1 atom stereocenters. The van der Waals surface area contributed by atoms with Gasteiger partial charge in [-0.2, -0.15) is 4.31 Å². The first-order chi connectivity index (χ1) is 12.5. The van der Waals surface area contributed by atoms with Crippen LogP contribution in [0.5, 0.6) is 0 Å². The third kappa shape index (κ3) is 5.38. The second-order valence-electron chi connectivity index (χ2n) is 6.75. The van der Waals surface area contributed by atoms with Crippen molar-refractivity contribution in [2.75, 3.05) is 32.5 Å². The third-order valence-electron chi connectivity index (χ3n) is 4.61. The Morgan fingerprint density at radius 1 is 0.962 bits per heavy atom. The Morgan fingerprint density at radius 3 is 2.19 bits per heavy atom. The van der Waals surface area contributed by atoms with Crippen molar-refractivity contribution < 1.29 is 13.2 Å². The summed E-state index contributed by atoms with van der Waals surface area (Å²) in [5.41, 5.74) is 2.33. The first kappa shape index (κ1) is 19.0. The highest BCUT2D eigenvalue weighted by molar-refractivity contribution is 7.88. The Hall–Kier alpha value is -1.73. The first-order valence-electron chi connectivity index (χ1n) is 8.87. The van der Waals surface area contributed by atoms with Crippen LogP contribution < -0.4 is 0 Å². The van der Waals surface area contributed by atoms with Crippen LogP contribution >= 0.6 is 0 Å². The minimum absolute atomic E-state index is 0.161. The van der Waals surface area contributed by atoms with Crippen LogP contribution in [-0.2, 0) is 27.9 Å². The second-order valence-corrected chi connectivity index (χ2v) is 8.68. The number of nitrogens with zero attached hydrogens (tertiary/aromatic N) is 2. The number of hydrogen-bond donors (Lipinski definition) is 0. The van der Waals surface area contributed by atoms with Crippen molar-refractivity contribution in [2.45, 2.75) is 19.2 Å². The molecule has 0 saturated carbocycles. The molecule has 0 unspecified atom stereocenters. The van der Waals surface area contributed by atoms with Crippen molar-refractivity contribution in [3.05, 3.63) is 71.8 Å². The summed E-state index contributed by atoms with van der Waals surface area (Å²) in [4.78, 5) is 2.30. The van der Waals surface area contributed by atoms with E-state index in [1.807, 2.05) is 48.5 Å². The van der Waals surface area contributed by atoms with Crippen LogP contribution in [0.25, 0.3) is 0 Å². The maximum atomic E-state index is 12.1. The molecule has 1 saturated heterocycles. The number of sulfonamides is 1. The molecule has 0 amide bonds. The van der Waals surface area contributed by atoms with Crippen LogP contribution in [0.1, 0.15) is 11.1 Å². The van der Waals surface area contributed by atoms with Crippen LogP contribution in [0.3, 0.4) is 0 Å². The van der Waals surface area contributed by atoms with Gasteiger partial charge in [0.15, 0.2) is 0 Å². The van der Waals surface area contributed by atoms with Gasteiger partial charge in [-0.25, -0.2) is 8.42 Å². The number of ether oxygens (including phenoxy) is 1. The molecule has 1 heterocycles. The van der Waals surface area contributed by atoms with Crippen LogP contribution in [0.2, 0.25) is 0 Å². The Labute approximate surface area is 156 Å². The zero-order valence-electron chi connectivity index (χ0n) is 15.1. The fourth-order valence-corrected chi connectivity index (χ4v) is 4.43. The van der Waals surface area contributed by atoms with Crippen molar-refractivity contribution in [3.8, 4) is 0 Å². The molecule has 0 spiro atoms. The van der Waals surface area contributed by atoms with Gasteiger partial charge >= 0.3 is 0 Å². The monoisotopic (exact) mass is 374 g/mol. The van der Waals surface area contributed by atoms with E-state index in [9.17, 15) is 8.42 Å². The van der Waals surface area contributed by atoms with Crippen LogP contribution in [0.15, 0.2) is 60.7 Å². The highest BCUT2D eigenvalue weighted by Gasteiger charge is 2.32. The largest absolute Gasteiger partial charge is 0.375 e. The molecule has 0 radical (unpaired) electrons. The molecule has 1 aliphatic heterocycles. The summed E-state index contributed by atoms with van der Waals surface area (Å²) in [6.07, 6.45) is 1.28. The third-order valence-corrected chi connectivity index (χ3v) is 5.94. The average molecular weight is 375 g/mol. The normalized spacial score (nSPS) is 19.5. The van der Waals surface area contributed by atoms with Gasteiger partial charge in [-0.05, 0) is 11.1 Å². The summed E-state index contributed by atoms with van der Waals surface area (Å²) < 4.78 is 31.7. The second kappa shape index (κ2) is 8.77. The SMILES string of the molecule is CS(=O)(=O)N1CCN(Cc2ccccc2)C[C@H]1COCc1ccccc1. The number of rotatable bonds is 7. The smallest absolute Gasteiger partial charge is 0.211 e. The van der Waals surface area contributed by atoms with Gasteiger partial charge in [0.2, 0.25) is 10.0 Å². The fourth-order valence-electron chi connectivity index (χ4n) is 3.35. The molecule has 1 aliphatic rings. The summed E-state index contributed by atoms with van der Waals surface area (Å²) in [5, 5.41) is 0. The number of piperazine rings is 1. The predicted octanol–water partition coefficient (Wildman–Crippen LogP) is 2.35. The molecule has 2 aromatic carbocycles. The topological polar surface area (TPSA) is 49.9 Å². The van der Waals surface area contributed by atoms with E-state index >= 15 is 0 Å². The van der Waals surface area contributed by atoms with Crippen molar-refractivity contribution in [1.82, 2.24) is 9.21 Å². The zero-order chi connectivity index (χ0) is 18.4. The molecule has 140 valence electrons. The van der Waals surface area contributed by atoms with Crippen LogP contribution in [0.4, 0.5) is 0 Å². The summed E-state index contributed by atoms with van der Waals surface area (Å²) in [6, 6.07) is 20.1. The summed E-state index contributed by atoms with van der Waals surface area (Å²) in [5.74, 6) is 0. The lowest BCUT2D eigenvalue weighted by atomic mass is 10.1. The molecular weight excluding hydrogens is 348 g/mol. The molecule has 6 heteroatoms. The van der Waals surface area contributed by atoms with Gasteiger partial charge < -0.3 is 4.74 Å². The van der Waals surface area contributed by atoms with Gasteiger partial charge in [-0.1, -0.05) is 60.7 Å². The molecule has 0 aromatic heterocycles. The van der Waals surface area contributed by atoms with Crippen molar-refractivity contribution >= 4 is 10.0 Å². The van der Waals surface area contributed by atoms with E-state index in [2.05, 4.69) is 17.0 Å². The lowest BCUT2D eigenvalue weighted by Crippen LogP contribution is -2.56. The molecule has 2 aromatic rings. The Balaban J connectivity index is 1.61. The van der Waals surface area contributed by atoms with Crippen molar-refractivity contribution in [3.63, 3.8) is 0 Å². The predicted molar refractivity (Wildman–Crippen MR) is 103 cm³/mol. The molecule has 3 rings (SSSR count). The van der Waals surface area contributed by atoms with Gasteiger partial charge in [0, 0.05) is 26.2 Å². The van der Waals surface area contributed by atoms with E-state index in [4.69, 9.17) is 4.74 Å². The minimum Gasteiger partial charge on any atom is -0.375 e. The van der Waals surface area contributed by atoms with E-state index in [-0.39, 0.29) is 6.04 Å². The number of benzene rings is 2. The summed E-state index contributed by atoms with van der Waals surface area (Å²) in [6.45, 7) is 3.63. The molecule has 0 N–H and O–H groups in total. The summed E-state index contributed by atoms with van der Waals surface area (Å²) in [7, 11) is -3.24. The van der Waals surface area contributed by atoms with E-state index in [0.29, 0.717) is 26.3 Å². The highest BCUT2D eigenvalue weighted by Crippen LogP contribution is 2.17. The van der Waals surface area contributed by atoms with E-state index in [1.54, 1.807) is 4.31 Å². The van der Waals surface area contributed by atoms with Crippen LogP contribution in [0, 0.1) is 0 Å². The van der Waals surface area contributed by atoms with Crippen molar-refractivity contribution in [2.24, 2.45) is 0 Å². The summed E-state index contributed by atoms with van der Waals surface area (Å²) >= 11 is 0. The van der Waals surface area contributed by atoms with Gasteiger partial charge in [0.25, 0.3) is 0 Å². The maximum Gasteiger partial charge on any atom is 0.211 e. The lowest BCUT2D eigenvalue weighted by Gasteiger charge is -2.39. The average Bonchev–Trinajstić information content (AvgIpc) is 2.63. The molecule has 0 aliphatic carbocycles. The highest BCUT2D eigenvalue weighted by atomic mass is 32.2. The van der Waals surface area contributed by atoms with Gasteiger partial charge in [0.05, 0.1) is 25.5 Å². The Kier molecular flexibility index (Phi) is 6.43. The quantitative estimate of drug-likeness (QED) is 0.747. The van der Waals surface area contributed by atoms with Gasteiger partial charge in [-0.3, -0.25) is 4.90 Å². The lowest BCUT2D eigenvalue weighted by molar-refractivity contribution is 0.0369. The minimum atomic E-state index is -3.24. The van der Waals surface area contributed by atoms with E-state index < -0.39 is 10.0 Å². The van der Waals surface area contributed by atoms with Gasteiger partial charge in [-0.15, -0.1) is 0 Å². The molecule has 5 nitrogen and oxygen atoms in total.